The number of carbonyl (C=O) groups is 1. The van der Waals surface area contributed by atoms with E-state index in [-0.39, 0.29) is 6.04 Å². The Labute approximate surface area is 86.7 Å². The Kier molecular flexibility index (Phi) is 2.44. The topological polar surface area (TPSA) is 49.3 Å². The van der Waals surface area contributed by atoms with Gasteiger partial charge >= 0.3 is 5.97 Å². The lowest BCUT2D eigenvalue weighted by Crippen LogP contribution is -2.50. The van der Waals surface area contributed by atoms with Crippen molar-refractivity contribution in [3.05, 3.63) is 34.9 Å². The van der Waals surface area contributed by atoms with Crippen LogP contribution in [-0.2, 0) is 4.79 Å². The maximum absolute atomic E-state index is 10.5. The molecule has 14 heavy (non-hydrogen) atoms. The van der Waals surface area contributed by atoms with Crippen molar-refractivity contribution in [3.8, 4) is 0 Å². The highest BCUT2D eigenvalue weighted by Crippen LogP contribution is 2.29. The van der Waals surface area contributed by atoms with Crippen molar-refractivity contribution in [2.45, 2.75) is 18.5 Å². The van der Waals surface area contributed by atoms with Crippen LogP contribution in [0.15, 0.2) is 24.3 Å². The maximum atomic E-state index is 10.5. The van der Waals surface area contributed by atoms with E-state index < -0.39 is 12.0 Å². The second-order valence-corrected chi connectivity index (χ2v) is 3.84. The predicted molar refractivity (Wildman–Crippen MR) is 53.4 cm³/mol. The van der Waals surface area contributed by atoms with E-state index in [1.807, 2.05) is 18.2 Å². The summed E-state index contributed by atoms with van der Waals surface area (Å²) in [5.41, 5.74) is 1.05. The summed E-state index contributed by atoms with van der Waals surface area (Å²) >= 11 is 5.82. The van der Waals surface area contributed by atoms with Gasteiger partial charge in [0.25, 0.3) is 0 Å². The molecule has 3 nitrogen and oxygen atoms in total. The van der Waals surface area contributed by atoms with Gasteiger partial charge in [-0.2, -0.15) is 0 Å². The van der Waals surface area contributed by atoms with Gasteiger partial charge in [-0.15, -0.1) is 0 Å². The number of carboxylic acids is 1. The summed E-state index contributed by atoms with van der Waals surface area (Å²) in [6.07, 6.45) is 0.635. The minimum absolute atomic E-state index is 0.134. The van der Waals surface area contributed by atoms with Crippen LogP contribution in [0.4, 0.5) is 0 Å². The Morgan fingerprint density at radius 3 is 2.86 bits per heavy atom. The van der Waals surface area contributed by atoms with Crippen LogP contribution in [-0.4, -0.2) is 17.1 Å². The summed E-state index contributed by atoms with van der Waals surface area (Å²) < 4.78 is 0. The van der Waals surface area contributed by atoms with E-state index in [0.29, 0.717) is 11.4 Å². The largest absolute Gasteiger partial charge is 0.480 e. The van der Waals surface area contributed by atoms with Crippen molar-refractivity contribution >= 4 is 17.6 Å². The number of benzene rings is 1. The molecule has 1 heterocycles. The van der Waals surface area contributed by atoms with Gasteiger partial charge in [0, 0.05) is 11.1 Å². The van der Waals surface area contributed by atoms with E-state index in [0.717, 1.165) is 5.56 Å². The van der Waals surface area contributed by atoms with Crippen LogP contribution in [0.25, 0.3) is 0 Å². The maximum Gasteiger partial charge on any atom is 0.320 e. The molecule has 4 heteroatoms. The Balaban J connectivity index is 2.03. The third kappa shape index (κ3) is 1.74. The number of carboxylic acid groups (broad SMARTS) is 1. The predicted octanol–water partition coefficient (Wildman–Crippen LogP) is 1.83. The second-order valence-electron chi connectivity index (χ2n) is 3.40. The third-order valence-electron chi connectivity index (χ3n) is 2.42. The number of nitrogens with one attached hydrogen (secondary N) is 1. The van der Waals surface area contributed by atoms with Crippen molar-refractivity contribution in [2.75, 3.05) is 0 Å². The zero-order chi connectivity index (χ0) is 10.1. The summed E-state index contributed by atoms with van der Waals surface area (Å²) in [5.74, 6) is -0.789. The quantitative estimate of drug-likeness (QED) is 0.785. The zero-order valence-electron chi connectivity index (χ0n) is 7.40. The molecular weight excluding hydrogens is 202 g/mol. The first-order valence-corrected chi connectivity index (χ1v) is 4.79. The van der Waals surface area contributed by atoms with Gasteiger partial charge in [-0.25, -0.2) is 0 Å². The van der Waals surface area contributed by atoms with E-state index in [1.54, 1.807) is 6.07 Å². The van der Waals surface area contributed by atoms with Crippen LogP contribution < -0.4 is 5.32 Å². The van der Waals surface area contributed by atoms with Gasteiger partial charge in [0.15, 0.2) is 0 Å². The van der Waals surface area contributed by atoms with E-state index in [1.165, 1.54) is 0 Å². The molecule has 74 valence electrons. The summed E-state index contributed by atoms with van der Waals surface area (Å²) in [6, 6.07) is 7.21. The average Bonchev–Trinajstić information content (AvgIpc) is 2.00. The van der Waals surface area contributed by atoms with Crippen LogP contribution in [0.2, 0.25) is 5.02 Å². The van der Waals surface area contributed by atoms with Gasteiger partial charge in [-0.1, -0.05) is 23.7 Å². The molecule has 0 aromatic heterocycles. The molecule has 1 aliphatic heterocycles. The highest BCUT2D eigenvalue weighted by Gasteiger charge is 2.34. The molecule has 2 rings (SSSR count). The molecule has 1 aromatic rings. The Morgan fingerprint density at radius 1 is 1.57 bits per heavy atom. The van der Waals surface area contributed by atoms with Gasteiger partial charge in [0.1, 0.15) is 6.04 Å². The minimum Gasteiger partial charge on any atom is -0.480 e. The van der Waals surface area contributed by atoms with Crippen molar-refractivity contribution in [1.29, 1.82) is 0 Å². The molecule has 0 saturated carbocycles. The van der Waals surface area contributed by atoms with Gasteiger partial charge < -0.3 is 5.11 Å². The van der Waals surface area contributed by atoms with E-state index in [2.05, 4.69) is 5.32 Å². The van der Waals surface area contributed by atoms with E-state index in [4.69, 9.17) is 16.7 Å². The first kappa shape index (κ1) is 9.49. The lowest BCUT2D eigenvalue weighted by Gasteiger charge is -2.34. The number of rotatable bonds is 2. The van der Waals surface area contributed by atoms with Crippen molar-refractivity contribution in [3.63, 3.8) is 0 Å². The van der Waals surface area contributed by atoms with Crippen molar-refractivity contribution in [1.82, 2.24) is 5.32 Å². The van der Waals surface area contributed by atoms with Crippen LogP contribution in [0.1, 0.15) is 18.0 Å². The summed E-state index contributed by atoms with van der Waals surface area (Å²) in [6.45, 7) is 0. The van der Waals surface area contributed by atoms with E-state index in [9.17, 15) is 4.79 Å². The molecule has 1 aromatic carbocycles. The van der Waals surface area contributed by atoms with Gasteiger partial charge in [-0.05, 0) is 24.1 Å². The third-order valence-corrected chi connectivity index (χ3v) is 2.66. The molecule has 0 bridgehead atoms. The summed E-state index contributed by atoms with van der Waals surface area (Å²) in [5, 5.41) is 12.3. The molecule has 0 radical (unpaired) electrons. The number of aliphatic carboxylic acids is 1. The number of halogens is 1. The van der Waals surface area contributed by atoms with E-state index >= 15 is 0 Å². The Morgan fingerprint density at radius 2 is 2.29 bits per heavy atom. The number of hydrogen-bond donors (Lipinski definition) is 2. The van der Waals surface area contributed by atoms with Crippen LogP contribution in [0.3, 0.4) is 0 Å². The number of hydrogen-bond acceptors (Lipinski definition) is 2. The first-order valence-electron chi connectivity index (χ1n) is 4.41. The molecule has 2 atom stereocenters. The Bertz CT molecular complexity index is 361. The molecule has 1 fully saturated rings. The molecule has 2 unspecified atom stereocenters. The molecular formula is C10H10ClNO2. The standard InChI is InChI=1S/C10H10ClNO2/c11-7-3-1-2-6(4-7)8-5-9(12-8)10(13)14/h1-4,8-9,12H,5H2,(H,13,14). The lowest BCUT2D eigenvalue weighted by molar-refractivity contribution is -0.142. The van der Waals surface area contributed by atoms with Crippen molar-refractivity contribution in [2.24, 2.45) is 0 Å². The Hall–Kier alpha value is -1.06. The molecule has 0 spiro atoms. The second kappa shape index (κ2) is 3.59. The highest BCUT2D eigenvalue weighted by atomic mass is 35.5. The smallest absolute Gasteiger partial charge is 0.320 e. The van der Waals surface area contributed by atoms with Gasteiger partial charge in [-0.3, -0.25) is 10.1 Å². The normalized spacial score (nSPS) is 25.5. The average molecular weight is 212 g/mol. The zero-order valence-corrected chi connectivity index (χ0v) is 8.16. The summed E-state index contributed by atoms with van der Waals surface area (Å²) in [4.78, 5) is 10.5. The van der Waals surface area contributed by atoms with Crippen LogP contribution >= 0.6 is 11.6 Å². The highest BCUT2D eigenvalue weighted by molar-refractivity contribution is 6.30. The molecule has 1 aliphatic rings. The summed E-state index contributed by atoms with van der Waals surface area (Å²) in [7, 11) is 0. The SMILES string of the molecule is O=C(O)C1CC(c2cccc(Cl)c2)N1. The molecule has 1 saturated heterocycles. The fourth-order valence-corrected chi connectivity index (χ4v) is 1.78. The van der Waals surface area contributed by atoms with Gasteiger partial charge in [0.2, 0.25) is 0 Å². The fourth-order valence-electron chi connectivity index (χ4n) is 1.58. The molecule has 0 amide bonds. The monoisotopic (exact) mass is 211 g/mol. The first-order chi connectivity index (χ1) is 6.66. The minimum atomic E-state index is -0.789. The van der Waals surface area contributed by atoms with Crippen LogP contribution in [0.5, 0.6) is 0 Å². The van der Waals surface area contributed by atoms with Crippen molar-refractivity contribution < 1.29 is 9.90 Å². The van der Waals surface area contributed by atoms with Crippen LogP contribution in [0, 0.1) is 0 Å². The molecule has 2 N–H and O–H groups in total. The van der Waals surface area contributed by atoms with Gasteiger partial charge in [0.05, 0.1) is 0 Å². The fraction of sp³-hybridized carbons (Fsp3) is 0.300. The lowest BCUT2D eigenvalue weighted by atomic mass is 9.91. The molecule has 0 aliphatic carbocycles.